The van der Waals surface area contributed by atoms with Crippen LogP contribution in [0.3, 0.4) is 0 Å². The minimum atomic E-state index is 0.364. The van der Waals surface area contributed by atoms with E-state index in [4.69, 9.17) is 9.26 Å². The number of nitrogens with zero attached hydrogens (tertiary/aromatic N) is 3. The van der Waals surface area contributed by atoms with Gasteiger partial charge in [0.1, 0.15) is 6.61 Å². The number of ether oxygens (including phenoxy) is 1. The lowest BCUT2D eigenvalue weighted by Crippen LogP contribution is -2.19. The Kier molecular flexibility index (Phi) is 4.57. The molecule has 104 valence electrons. The largest absolute Gasteiger partial charge is 0.482 e. The third kappa shape index (κ3) is 4.40. The second-order valence-electron chi connectivity index (χ2n) is 4.95. The van der Waals surface area contributed by atoms with Crippen molar-refractivity contribution in [3.8, 4) is 5.75 Å². The van der Waals surface area contributed by atoms with E-state index in [0.717, 1.165) is 18.0 Å². The minimum absolute atomic E-state index is 0.364. The van der Waals surface area contributed by atoms with Crippen LogP contribution < -0.4 is 10.1 Å². The quantitative estimate of drug-likeness (QED) is 0.825. The molecule has 0 aromatic carbocycles. The average Bonchev–Trinajstić information content (AvgIpc) is 2.95. The molecule has 0 aliphatic heterocycles. The second-order valence-corrected chi connectivity index (χ2v) is 4.95. The minimum Gasteiger partial charge on any atom is -0.482 e. The third-order valence-electron chi connectivity index (χ3n) is 2.53. The molecule has 0 radical (unpaired) electrons. The van der Waals surface area contributed by atoms with Crippen LogP contribution in [0.15, 0.2) is 23.0 Å². The summed E-state index contributed by atoms with van der Waals surface area (Å²) < 4.78 is 12.4. The zero-order valence-electron chi connectivity index (χ0n) is 11.6. The lowest BCUT2D eigenvalue weighted by molar-refractivity contribution is 0.248. The van der Waals surface area contributed by atoms with Crippen LogP contribution in [0.2, 0.25) is 0 Å². The number of aryl methyl sites for hydroxylation is 1. The molecule has 0 spiro atoms. The van der Waals surface area contributed by atoms with Gasteiger partial charge in [-0.3, -0.25) is 4.68 Å². The third-order valence-corrected chi connectivity index (χ3v) is 2.53. The van der Waals surface area contributed by atoms with Gasteiger partial charge in [0.05, 0.1) is 18.1 Å². The van der Waals surface area contributed by atoms with Crippen molar-refractivity contribution in [3.05, 3.63) is 29.9 Å². The van der Waals surface area contributed by atoms with Crippen molar-refractivity contribution in [3.63, 3.8) is 0 Å². The Bertz CT molecular complexity index is 504. The molecule has 0 aliphatic carbocycles. The molecule has 1 N–H and O–H groups in total. The first-order chi connectivity index (χ1) is 9.13. The predicted molar refractivity (Wildman–Crippen MR) is 70.6 cm³/mol. The molecule has 0 saturated carbocycles. The van der Waals surface area contributed by atoms with Crippen molar-refractivity contribution in [1.82, 2.24) is 20.3 Å². The summed E-state index contributed by atoms with van der Waals surface area (Å²) in [7, 11) is 1.85. The van der Waals surface area contributed by atoms with E-state index in [1.54, 1.807) is 10.9 Å². The van der Waals surface area contributed by atoms with Gasteiger partial charge in [-0.05, 0) is 12.5 Å². The Hall–Kier alpha value is -1.82. The maximum atomic E-state index is 5.53. The predicted octanol–water partition coefficient (Wildman–Crippen LogP) is 1.73. The Morgan fingerprint density at radius 3 is 3.00 bits per heavy atom. The molecule has 6 heteroatoms. The summed E-state index contributed by atoms with van der Waals surface area (Å²) in [6.07, 6.45) is 3.48. The molecule has 0 fully saturated rings. The molecule has 0 atom stereocenters. The Morgan fingerprint density at radius 2 is 2.32 bits per heavy atom. The fraction of sp³-hybridized carbons (Fsp3) is 0.538. The molecule has 0 saturated heterocycles. The lowest BCUT2D eigenvalue weighted by atomic mass is 10.2. The van der Waals surface area contributed by atoms with E-state index >= 15 is 0 Å². The van der Waals surface area contributed by atoms with E-state index < -0.39 is 0 Å². The number of aromatic nitrogens is 3. The first-order valence-corrected chi connectivity index (χ1v) is 6.40. The van der Waals surface area contributed by atoms with Crippen molar-refractivity contribution < 1.29 is 9.26 Å². The molecule has 19 heavy (non-hydrogen) atoms. The van der Waals surface area contributed by atoms with Crippen LogP contribution in [0.4, 0.5) is 0 Å². The van der Waals surface area contributed by atoms with Crippen molar-refractivity contribution in [2.75, 3.05) is 6.54 Å². The maximum absolute atomic E-state index is 5.53. The molecule has 2 aromatic rings. The SMILES string of the molecule is CC(C)CNCc1cc(COc2cnn(C)c2)on1. The summed E-state index contributed by atoms with van der Waals surface area (Å²) in [6.45, 7) is 6.39. The zero-order chi connectivity index (χ0) is 13.7. The molecular weight excluding hydrogens is 244 g/mol. The summed E-state index contributed by atoms with van der Waals surface area (Å²) in [5.74, 6) is 2.06. The zero-order valence-corrected chi connectivity index (χ0v) is 11.6. The molecule has 0 amide bonds. The van der Waals surface area contributed by atoms with E-state index in [0.29, 0.717) is 24.8 Å². The second kappa shape index (κ2) is 6.38. The topological polar surface area (TPSA) is 65.1 Å². The van der Waals surface area contributed by atoms with Gasteiger partial charge >= 0.3 is 0 Å². The van der Waals surface area contributed by atoms with Crippen LogP contribution in [0.5, 0.6) is 5.75 Å². The van der Waals surface area contributed by atoms with E-state index in [-0.39, 0.29) is 0 Å². The smallest absolute Gasteiger partial charge is 0.174 e. The van der Waals surface area contributed by atoms with Gasteiger partial charge in [-0.2, -0.15) is 5.10 Å². The number of hydrogen-bond acceptors (Lipinski definition) is 5. The van der Waals surface area contributed by atoms with Crippen LogP contribution in [0.25, 0.3) is 0 Å². The van der Waals surface area contributed by atoms with Crippen molar-refractivity contribution in [2.45, 2.75) is 27.0 Å². The van der Waals surface area contributed by atoms with Gasteiger partial charge < -0.3 is 14.6 Å². The van der Waals surface area contributed by atoms with Gasteiger partial charge in [0, 0.05) is 19.7 Å². The van der Waals surface area contributed by atoms with Crippen LogP contribution >= 0.6 is 0 Å². The van der Waals surface area contributed by atoms with E-state index in [2.05, 4.69) is 29.4 Å². The summed E-state index contributed by atoms with van der Waals surface area (Å²) in [4.78, 5) is 0. The lowest BCUT2D eigenvalue weighted by Gasteiger charge is -2.04. The molecule has 2 rings (SSSR count). The molecule has 0 unspecified atom stereocenters. The Morgan fingerprint density at radius 1 is 1.47 bits per heavy atom. The van der Waals surface area contributed by atoms with Gasteiger partial charge in [0.25, 0.3) is 0 Å². The number of hydrogen-bond donors (Lipinski definition) is 1. The van der Waals surface area contributed by atoms with Crippen LogP contribution in [0, 0.1) is 5.92 Å². The number of nitrogens with one attached hydrogen (secondary N) is 1. The standard InChI is InChI=1S/C13H20N4O2/c1-10(2)5-14-6-11-4-12(19-16-11)9-18-13-7-15-17(3)8-13/h4,7-8,10,14H,5-6,9H2,1-3H3. The molecule has 0 bridgehead atoms. The highest BCUT2D eigenvalue weighted by Crippen LogP contribution is 2.11. The average molecular weight is 264 g/mol. The molecule has 6 nitrogen and oxygen atoms in total. The van der Waals surface area contributed by atoms with E-state index in [1.165, 1.54) is 0 Å². The first-order valence-electron chi connectivity index (χ1n) is 6.40. The van der Waals surface area contributed by atoms with Crippen LogP contribution in [-0.2, 0) is 20.2 Å². The fourth-order valence-corrected chi connectivity index (χ4v) is 1.62. The summed E-state index contributed by atoms with van der Waals surface area (Å²) in [5, 5.41) is 11.3. The Labute approximate surface area is 112 Å². The molecule has 2 heterocycles. The number of rotatable bonds is 7. The molecule has 0 aliphatic rings. The highest BCUT2D eigenvalue weighted by Gasteiger charge is 2.06. The first kappa shape index (κ1) is 13.6. The molecule has 2 aromatic heterocycles. The van der Waals surface area contributed by atoms with Gasteiger partial charge in [-0.25, -0.2) is 0 Å². The van der Waals surface area contributed by atoms with E-state index in [9.17, 15) is 0 Å². The van der Waals surface area contributed by atoms with Gasteiger partial charge in [0.15, 0.2) is 11.5 Å². The van der Waals surface area contributed by atoms with Crippen molar-refractivity contribution in [1.29, 1.82) is 0 Å². The van der Waals surface area contributed by atoms with E-state index in [1.807, 2.05) is 19.3 Å². The normalized spacial score (nSPS) is 11.2. The highest BCUT2D eigenvalue weighted by molar-refractivity contribution is 5.12. The van der Waals surface area contributed by atoms with Crippen LogP contribution in [-0.4, -0.2) is 21.5 Å². The van der Waals surface area contributed by atoms with Crippen molar-refractivity contribution in [2.24, 2.45) is 13.0 Å². The monoisotopic (exact) mass is 264 g/mol. The van der Waals surface area contributed by atoms with Crippen molar-refractivity contribution >= 4 is 0 Å². The van der Waals surface area contributed by atoms with Gasteiger partial charge in [-0.15, -0.1) is 0 Å². The van der Waals surface area contributed by atoms with Gasteiger partial charge in [-0.1, -0.05) is 19.0 Å². The maximum Gasteiger partial charge on any atom is 0.174 e. The summed E-state index contributed by atoms with van der Waals surface area (Å²) in [5.41, 5.74) is 0.894. The summed E-state index contributed by atoms with van der Waals surface area (Å²) in [6, 6.07) is 1.91. The fourth-order valence-electron chi connectivity index (χ4n) is 1.62. The summed E-state index contributed by atoms with van der Waals surface area (Å²) >= 11 is 0. The molecular formula is C13H20N4O2. The van der Waals surface area contributed by atoms with Crippen LogP contribution in [0.1, 0.15) is 25.3 Å². The Balaban J connectivity index is 1.77. The highest BCUT2D eigenvalue weighted by atomic mass is 16.5. The van der Waals surface area contributed by atoms with Gasteiger partial charge in [0.2, 0.25) is 0 Å².